The molecule has 1 fully saturated rings. The van der Waals surface area contributed by atoms with E-state index in [-0.39, 0.29) is 0 Å². The highest BCUT2D eigenvalue weighted by atomic mass is 16.5. The second-order valence-corrected chi connectivity index (χ2v) is 4.91. The fourth-order valence-electron chi connectivity index (χ4n) is 2.46. The summed E-state index contributed by atoms with van der Waals surface area (Å²) in [5.41, 5.74) is 0. The molecule has 0 amide bonds. The number of ether oxygens (including phenoxy) is 1. The van der Waals surface area contributed by atoms with E-state index >= 15 is 0 Å². The first-order valence-electron chi connectivity index (χ1n) is 5.93. The number of nitrogens with zero attached hydrogens (tertiary/aromatic N) is 1. The predicted octanol–water partition coefficient (Wildman–Crippen LogP) is 2.53. The van der Waals surface area contributed by atoms with E-state index in [4.69, 9.17) is 4.74 Å². The molecule has 2 unspecified atom stereocenters. The van der Waals surface area contributed by atoms with Crippen LogP contribution >= 0.6 is 0 Å². The van der Waals surface area contributed by atoms with Crippen LogP contribution in [-0.4, -0.2) is 36.2 Å². The maximum absolute atomic E-state index is 5.72. The molecule has 0 aromatic carbocycles. The molecular formula is C12H25NO. The minimum atomic E-state index is 0.467. The fourth-order valence-corrected chi connectivity index (χ4v) is 2.46. The molecule has 1 aliphatic rings. The number of hydrogen-bond acceptors (Lipinski definition) is 2. The van der Waals surface area contributed by atoms with Crippen LogP contribution in [-0.2, 0) is 4.74 Å². The minimum Gasteiger partial charge on any atom is -0.377 e. The number of rotatable bonds is 4. The molecule has 0 aliphatic carbocycles. The monoisotopic (exact) mass is 199 g/mol. The van der Waals surface area contributed by atoms with E-state index in [1.165, 1.54) is 6.42 Å². The molecule has 2 atom stereocenters. The molecule has 0 bridgehead atoms. The molecule has 0 aromatic heterocycles. The molecule has 1 aliphatic heterocycles. The van der Waals surface area contributed by atoms with Gasteiger partial charge in [-0.2, -0.15) is 0 Å². The lowest BCUT2D eigenvalue weighted by Gasteiger charge is -2.30. The molecule has 0 aromatic rings. The zero-order valence-electron chi connectivity index (χ0n) is 10.3. The summed E-state index contributed by atoms with van der Waals surface area (Å²) in [7, 11) is 0. The Labute approximate surface area is 88.6 Å². The Balaban J connectivity index is 2.56. The smallest absolute Gasteiger partial charge is 0.0717 e. The van der Waals surface area contributed by atoms with E-state index in [0.29, 0.717) is 18.2 Å². The van der Waals surface area contributed by atoms with Gasteiger partial charge < -0.3 is 4.74 Å². The van der Waals surface area contributed by atoms with Gasteiger partial charge in [-0.05, 0) is 33.1 Å². The van der Waals surface area contributed by atoms with Crippen molar-refractivity contribution in [2.45, 2.75) is 59.2 Å². The van der Waals surface area contributed by atoms with Gasteiger partial charge in [-0.15, -0.1) is 0 Å². The van der Waals surface area contributed by atoms with Crippen molar-refractivity contribution in [1.82, 2.24) is 4.90 Å². The van der Waals surface area contributed by atoms with Crippen molar-refractivity contribution in [2.75, 3.05) is 13.2 Å². The molecular weight excluding hydrogens is 174 g/mol. The van der Waals surface area contributed by atoms with Gasteiger partial charge in [0.05, 0.1) is 6.10 Å². The van der Waals surface area contributed by atoms with Crippen LogP contribution in [0.15, 0.2) is 0 Å². The van der Waals surface area contributed by atoms with E-state index in [2.05, 4.69) is 39.5 Å². The maximum atomic E-state index is 5.72. The Morgan fingerprint density at radius 3 is 2.29 bits per heavy atom. The Morgan fingerprint density at radius 1 is 1.29 bits per heavy atom. The van der Waals surface area contributed by atoms with E-state index in [9.17, 15) is 0 Å². The topological polar surface area (TPSA) is 12.5 Å². The Kier molecular flexibility index (Phi) is 4.39. The first-order chi connectivity index (χ1) is 6.56. The van der Waals surface area contributed by atoms with Gasteiger partial charge in [-0.1, -0.05) is 13.8 Å². The van der Waals surface area contributed by atoms with Crippen molar-refractivity contribution in [1.29, 1.82) is 0 Å². The maximum Gasteiger partial charge on any atom is 0.0717 e. The van der Waals surface area contributed by atoms with Crippen molar-refractivity contribution in [3.8, 4) is 0 Å². The van der Waals surface area contributed by atoms with Crippen LogP contribution < -0.4 is 0 Å². The van der Waals surface area contributed by atoms with Gasteiger partial charge in [0.1, 0.15) is 0 Å². The van der Waals surface area contributed by atoms with E-state index in [0.717, 1.165) is 19.1 Å². The molecule has 84 valence electrons. The summed E-state index contributed by atoms with van der Waals surface area (Å²) in [6.45, 7) is 13.2. The lowest BCUT2D eigenvalue weighted by atomic mass is 10.0. The van der Waals surface area contributed by atoms with E-state index in [1.807, 2.05) is 0 Å². The van der Waals surface area contributed by atoms with Gasteiger partial charge in [0.2, 0.25) is 0 Å². The third-order valence-electron chi connectivity index (χ3n) is 3.18. The van der Waals surface area contributed by atoms with Crippen molar-refractivity contribution < 1.29 is 4.74 Å². The van der Waals surface area contributed by atoms with Gasteiger partial charge in [0, 0.05) is 25.2 Å². The molecule has 1 rings (SSSR count). The Hall–Kier alpha value is -0.0800. The molecule has 2 heteroatoms. The van der Waals surface area contributed by atoms with Gasteiger partial charge in [0.25, 0.3) is 0 Å². The number of likely N-dealkylation sites (tertiary alicyclic amines) is 1. The molecule has 0 saturated carbocycles. The van der Waals surface area contributed by atoms with Gasteiger partial charge in [0.15, 0.2) is 0 Å². The van der Waals surface area contributed by atoms with E-state index in [1.54, 1.807) is 0 Å². The van der Waals surface area contributed by atoms with Crippen LogP contribution in [0.1, 0.15) is 41.0 Å². The van der Waals surface area contributed by atoms with E-state index < -0.39 is 0 Å². The second-order valence-electron chi connectivity index (χ2n) is 4.91. The summed E-state index contributed by atoms with van der Waals surface area (Å²) in [4.78, 5) is 2.59. The highest BCUT2D eigenvalue weighted by Gasteiger charge is 2.35. The normalized spacial score (nSPS) is 29.4. The fraction of sp³-hybridized carbons (Fsp3) is 1.00. The predicted molar refractivity (Wildman–Crippen MR) is 60.5 cm³/mol. The number of hydrogen-bond donors (Lipinski definition) is 0. The average molecular weight is 199 g/mol. The highest BCUT2D eigenvalue weighted by molar-refractivity contribution is 4.89. The first-order valence-corrected chi connectivity index (χ1v) is 5.93. The molecule has 1 saturated heterocycles. The van der Waals surface area contributed by atoms with Crippen LogP contribution in [0.5, 0.6) is 0 Å². The van der Waals surface area contributed by atoms with Crippen molar-refractivity contribution in [3.05, 3.63) is 0 Å². The standard InChI is InChI=1S/C12H25NO/c1-6-14-11-7-12(9(2)3)13(8-11)10(4)5/h9-12H,6-8H2,1-5H3. The zero-order valence-corrected chi connectivity index (χ0v) is 10.3. The molecule has 2 nitrogen and oxygen atoms in total. The lowest BCUT2D eigenvalue weighted by molar-refractivity contribution is 0.0659. The minimum absolute atomic E-state index is 0.467. The van der Waals surface area contributed by atoms with Crippen molar-refractivity contribution in [2.24, 2.45) is 5.92 Å². The molecule has 0 N–H and O–H groups in total. The van der Waals surface area contributed by atoms with Crippen LogP contribution in [0.2, 0.25) is 0 Å². The molecule has 14 heavy (non-hydrogen) atoms. The van der Waals surface area contributed by atoms with Crippen LogP contribution in [0.25, 0.3) is 0 Å². The van der Waals surface area contributed by atoms with Crippen molar-refractivity contribution >= 4 is 0 Å². The molecule has 0 spiro atoms. The molecule has 1 heterocycles. The summed E-state index contributed by atoms with van der Waals surface area (Å²) >= 11 is 0. The Morgan fingerprint density at radius 2 is 1.93 bits per heavy atom. The van der Waals surface area contributed by atoms with Crippen LogP contribution in [0, 0.1) is 5.92 Å². The third kappa shape index (κ3) is 2.71. The van der Waals surface area contributed by atoms with Crippen molar-refractivity contribution in [3.63, 3.8) is 0 Å². The summed E-state index contributed by atoms with van der Waals surface area (Å²) in [6.07, 6.45) is 1.68. The van der Waals surface area contributed by atoms with Gasteiger partial charge in [-0.25, -0.2) is 0 Å². The van der Waals surface area contributed by atoms with Gasteiger partial charge in [-0.3, -0.25) is 4.90 Å². The van der Waals surface area contributed by atoms with Crippen LogP contribution in [0.4, 0.5) is 0 Å². The summed E-state index contributed by atoms with van der Waals surface area (Å²) < 4.78 is 5.72. The molecule has 0 radical (unpaired) electrons. The highest BCUT2D eigenvalue weighted by Crippen LogP contribution is 2.27. The zero-order chi connectivity index (χ0) is 10.7. The largest absolute Gasteiger partial charge is 0.377 e. The second kappa shape index (κ2) is 5.13. The first kappa shape index (κ1) is 12.0. The summed E-state index contributed by atoms with van der Waals surface area (Å²) in [6, 6.07) is 1.36. The third-order valence-corrected chi connectivity index (χ3v) is 3.18. The quantitative estimate of drug-likeness (QED) is 0.690. The summed E-state index contributed by atoms with van der Waals surface area (Å²) in [5.74, 6) is 0.739. The summed E-state index contributed by atoms with van der Waals surface area (Å²) in [5, 5.41) is 0. The van der Waals surface area contributed by atoms with Gasteiger partial charge >= 0.3 is 0 Å². The van der Waals surface area contributed by atoms with Crippen LogP contribution in [0.3, 0.4) is 0 Å². The average Bonchev–Trinajstić information content (AvgIpc) is 2.49. The SMILES string of the molecule is CCOC1CC(C(C)C)N(C(C)C)C1. The lowest BCUT2D eigenvalue weighted by Crippen LogP contribution is -2.38. The Bertz CT molecular complexity index is 152.